The molecule has 0 unspecified atom stereocenters. The predicted octanol–water partition coefficient (Wildman–Crippen LogP) is 1.44. The van der Waals surface area contributed by atoms with Crippen LogP contribution in [0.1, 0.15) is 22.8 Å². The molecule has 0 spiro atoms. The summed E-state index contributed by atoms with van der Waals surface area (Å²) in [4.78, 5) is 25.5. The van der Waals surface area contributed by atoms with Crippen LogP contribution in [-0.4, -0.2) is 22.5 Å². The van der Waals surface area contributed by atoms with E-state index < -0.39 is 11.5 Å². The molecule has 1 aromatic heterocycles. The number of amides is 1. The monoisotopic (exact) mass is 287 g/mol. The summed E-state index contributed by atoms with van der Waals surface area (Å²) < 4.78 is 0. The van der Waals surface area contributed by atoms with E-state index in [1.54, 1.807) is 6.07 Å². The van der Waals surface area contributed by atoms with Crippen LogP contribution in [0.25, 0.3) is 0 Å². The van der Waals surface area contributed by atoms with E-state index >= 15 is 0 Å². The normalized spacial score (nSPS) is 10.3. The molecule has 1 aromatic carbocycles. The molecule has 2 rings (SSSR count). The van der Waals surface area contributed by atoms with E-state index in [1.807, 2.05) is 25.1 Å². The molecule has 21 heavy (non-hydrogen) atoms. The number of pyridine rings is 1. The van der Waals surface area contributed by atoms with Crippen molar-refractivity contribution in [2.24, 2.45) is 0 Å². The highest BCUT2D eigenvalue weighted by Gasteiger charge is 2.08. The van der Waals surface area contributed by atoms with Gasteiger partial charge in [-0.2, -0.15) is 0 Å². The van der Waals surface area contributed by atoms with Gasteiger partial charge in [0.05, 0.1) is 5.56 Å². The van der Waals surface area contributed by atoms with Crippen molar-refractivity contribution < 1.29 is 9.90 Å². The fraction of sp³-hybridized carbons (Fsp3) is 0.200. The molecule has 2 aromatic rings. The molecule has 110 valence electrons. The summed E-state index contributed by atoms with van der Waals surface area (Å²) >= 11 is 0. The van der Waals surface area contributed by atoms with Crippen molar-refractivity contribution in [1.29, 1.82) is 0 Å². The minimum absolute atomic E-state index is 0.105. The van der Waals surface area contributed by atoms with Gasteiger partial charge in [-0.3, -0.25) is 14.6 Å². The molecule has 0 bridgehead atoms. The number of hydrogen-bond donors (Lipinski definition) is 4. The van der Waals surface area contributed by atoms with Gasteiger partial charge in [-0.25, -0.2) is 0 Å². The lowest BCUT2D eigenvalue weighted by Gasteiger charge is -2.08. The molecule has 0 radical (unpaired) electrons. The Balaban J connectivity index is 2.13. The first-order valence-electron chi connectivity index (χ1n) is 6.63. The maximum atomic E-state index is 12.1. The number of aromatic hydroxyl groups is 1. The van der Waals surface area contributed by atoms with Gasteiger partial charge in [0.2, 0.25) is 0 Å². The third kappa shape index (κ3) is 4.19. The van der Waals surface area contributed by atoms with Crippen molar-refractivity contribution in [1.82, 2.24) is 10.3 Å². The van der Waals surface area contributed by atoms with E-state index in [0.717, 1.165) is 18.2 Å². The Morgan fingerprint density at radius 2 is 2.10 bits per heavy atom. The van der Waals surface area contributed by atoms with Crippen molar-refractivity contribution >= 4 is 11.6 Å². The Kier molecular flexibility index (Phi) is 4.73. The molecule has 1 heterocycles. The van der Waals surface area contributed by atoms with E-state index in [1.165, 1.54) is 6.07 Å². The topological polar surface area (TPSA) is 94.2 Å². The number of nitrogens with one attached hydrogen (secondary N) is 3. The standard InChI is InChI=1S/C15H17N3O3/c1-2-16-9-10-4-3-5-12(6-10)17-15(21)11-7-13(19)18-14(20)8-11/h3-8,16H,2,9H2,1H3,(H,17,21)(H2,18,19,20). The fourth-order valence-electron chi connectivity index (χ4n) is 1.89. The van der Waals surface area contributed by atoms with Crippen LogP contribution in [0.15, 0.2) is 41.2 Å². The van der Waals surface area contributed by atoms with Crippen LogP contribution >= 0.6 is 0 Å². The van der Waals surface area contributed by atoms with Gasteiger partial charge < -0.3 is 15.7 Å². The molecule has 0 saturated carbocycles. The zero-order chi connectivity index (χ0) is 15.2. The van der Waals surface area contributed by atoms with Crippen molar-refractivity contribution in [3.8, 4) is 5.88 Å². The zero-order valence-corrected chi connectivity index (χ0v) is 11.6. The summed E-state index contributed by atoms with van der Waals surface area (Å²) in [5.74, 6) is -0.787. The SMILES string of the molecule is CCNCc1cccc(NC(=O)c2cc(O)[nH]c(=O)c2)c1. The number of benzene rings is 1. The number of aromatic amines is 1. The minimum atomic E-state index is -0.527. The summed E-state index contributed by atoms with van der Waals surface area (Å²) in [7, 11) is 0. The van der Waals surface area contributed by atoms with Gasteiger partial charge in [-0.15, -0.1) is 0 Å². The molecule has 0 atom stereocenters. The van der Waals surface area contributed by atoms with Crippen molar-refractivity contribution in [3.63, 3.8) is 0 Å². The van der Waals surface area contributed by atoms with Gasteiger partial charge >= 0.3 is 0 Å². The number of anilines is 1. The van der Waals surface area contributed by atoms with Gasteiger partial charge in [0, 0.05) is 24.4 Å². The molecule has 6 heteroatoms. The van der Waals surface area contributed by atoms with Crippen LogP contribution in [0.2, 0.25) is 0 Å². The number of hydrogen-bond acceptors (Lipinski definition) is 4. The van der Waals surface area contributed by atoms with Crippen LogP contribution in [0.4, 0.5) is 5.69 Å². The highest BCUT2D eigenvalue weighted by Crippen LogP contribution is 2.13. The molecule has 4 N–H and O–H groups in total. The van der Waals surface area contributed by atoms with Crippen molar-refractivity contribution in [2.45, 2.75) is 13.5 Å². The fourth-order valence-corrected chi connectivity index (χ4v) is 1.89. The van der Waals surface area contributed by atoms with Crippen molar-refractivity contribution in [3.05, 3.63) is 57.9 Å². The lowest BCUT2D eigenvalue weighted by molar-refractivity contribution is 0.102. The average molecular weight is 287 g/mol. The highest BCUT2D eigenvalue weighted by atomic mass is 16.3. The van der Waals surface area contributed by atoms with E-state index in [2.05, 4.69) is 15.6 Å². The number of aromatic nitrogens is 1. The molecular weight excluding hydrogens is 270 g/mol. The van der Waals surface area contributed by atoms with Gasteiger partial charge in [0.1, 0.15) is 0 Å². The van der Waals surface area contributed by atoms with E-state index in [9.17, 15) is 14.7 Å². The van der Waals surface area contributed by atoms with Crippen LogP contribution in [0, 0.1) is 0 Å². The first-order chi connectivity index (χ1) is 10.1. The summed E-state index contributed by atoms with van der Waals surface area (Å²) in [5, 5.41) is 15.2. The van der Waals surface area contributed by atoms with Gasteiger partial charge in [0.15, 0.2) is 5.88 Å². The molecule has 0 aliphatic carbocycles. The van der Waals surface area contributed by atoms with Gasteiger partial charge in [0.25, 0.3) is 11.5 Å². The van der Waals surface area contributed by atoms with Crippen LogP contribution < -0.4 is 16.2 Å². The first-order valence-corrected chi connectivity index (χ1v) is 6.63. The quantitative estimate of drug-likeness (QED) is 0.669. The molecule has 1 amide bonds. The number of carbonyl (C=O) groups is 1. The Morgan fingerprint density at radius 3 is 2.81 bits per heavy atom. The largest absolute Gasteiger partial charge is 0.494 e. The lowest BCUT2D eigenvalue weighted by atomic mass is 10.2. The Morgan fingerprint density at radius 1 is 1.29 bits per heavy atom. The third-order valence-electron chi connectivity index (χ3n) is 2.86. The second kappa shape index (κ2) is 6.71. The maximum Gasteiger partial charge on any atom is 0.256 e. The van der Waals surface area contributed by atoms with Gasteiger partial charge in [-0.1, -0.05) is 19.1 Å². The van der Waals surface area contributed by atoms with Gasteiger partial charge in [-0.05, 0) is 24.2 Å². The molecule has 0 aliphatic heterocycles. The molecular formula is C15H17N3O3. The Bertz CT molecular complexity index is 695. The average Bonchev–Trinajstić information content (AvgIpc) is 2.44. The molecule has 0 fully saturated rings. The van der Waals surface area contributed by atoms with Crippen LogP contribution in [-0.2, 0) is 6.54 Å². The number of H-pyrrole nitrogens is 1. The zero-order valence-electron chi connectivity index (χ0n) is 11.6. The highest BCUT2D eigenvalue weighted by molar-refractivity contribution is 6.04. The Hall–Kier alpha value is -2.60. The van der Waals surface area contributed by atoms with E-state index in [4.69, 9.17) is 0 Å². The summed E-state index contributed by atoms with van der Waals surface area (Å²) in [5.41, 5.74) is 1.26. The summed E-state index contributed by atoms with van der Waals surface area (Å²) in [6.45, 7) is 3.60. The lowest BCUT2D eigenvalue weighted by Crippen LogP contribution is -2.16. The van der Waals surface area contributed by atoms with Crippen molar-refractivity contribution in [2.75, 3.05) is 11.9 Å². The van der Waals surface area contributed by atoms with E-state index in [0.29, 0.717) is 12.2 Å². The second-order valence-corrected chi connectivity index (χ2v) is 4.55. The molecule has 0 aliphatic rings. The first kappa shape index (κ1) is 14.8. The summed E-state index contributed by atoms with van der Waals surface area (Å²) in [6.07, 6.45) is 0. The maximum absolute atomic E-state index is 12.1. The smallest absolute Gasteiger partial charge is 0.256 e. The predicted molar refractivity (Wildman–Crippen MR) is 80.5 cm³/mol. The third-order valence-corrected chi connectivity index (χ3v) is 2.86. The second-order valence-electron chi connectivity index (χ2n) is 4.55. The number of carbonyl (C=O) groups excluding carboxylic acids is 1. The Labute approximate surface area is 121 Å². The summed E-state index contributed by atoms with van der Waals surface area (Å²) in [6, 6.07) is 9.76. The number of rotatable bonds is 5. The molecule has 6 nitrogen and oxygen atoms in total. The minimum Gasteiger partial charge on any atom is -0.494 e. The van der Waals surface area contributed by atoms with Crippen LogP contribution in [0.5, 0.6) is 5.88 Å². The van der Waals surface area contributed by atoms with E-state index in [-0.39, 0.29) is 11.4 Å². The molecule has 0 saturated heterocycles. The van der Waals surface area contributed by atoms with Crippen LogP contribution in [0.3, 0.4) is 0 Å².